The molecule has 0 unspecified atom stereocenters. The topological polar surface area (TPSA) is 20.3 Å². The lowest BCUT2D eigenvalue weighted by Crippen LogP contribution is -2.36. The second kappa shape index (κ2) is 6.38. The van der Waals surface area contributed by atoms with E-state index in [-0.39, 0.29) is 11.9 Å². The van der Waals surface area contributed by atoms with Gasteiger partial charge in [0.05, 0.1) is 0 Å². The van der Waals surface area contributed by atoms with Crippen molar-refractivity contribution in [2.24, 2.45) is 0 Å². The maximum atomic E-state index is 12.4. The molecule has 0 aliphatic heterocycles. The summed E-state index contributed by atoms with van der Waals surface area (Å²) < 4.78 is 0. The molecule has 0 atom stereocenters. The zero-order valence-electron chi connectivity index (χ0n) is 12.3. The third kappa shape index (κ3) is 3.08. The number of benzene rings is 2. The summed E-state index contributed by atoms with van der Waals surface area (Å²) >= 11 is 0. The smallest absolute Gasteiger partial charge is 0.254 e. The fourth-order valence-electron chi connectivity index (χ4n) is 2.34. The van der Waals surface area contributed by atoms with Crippen molar-refractivity contribution in [3.63, 3.8) is 0 Å². The van der Waals surface area contributed by atoms with Crippen LogP contribution in [0.15, 0.2) is 54.6 Å². The third-order valence-electron chi connectivity index (χ3n) is 3.46. The molecule has 0 bridgehead atoms. The maximum absolute atomic E-state index is 12.4. The molecule has 0 saturated carbocycles. The number of hydrogen-bond donors (Lipinski definition) is 0. The third-order valence-corrected chi connectivity index (χ3v) is 3.46. The Morgan fingerprint density at radius 2 is 1.50 bits per heavy atom. The number of amides is 1. The second-order valence-electron chi connectivity index (χ2n) is 5.13. The minimum atomic E-state index is 0.0992. The van der Waals surface area contributed by atoms with Gasteiger partial charge in [-0.15, -0.1) is 0 Å². The molecule has 104 valence electrons. The van der Waals surface area contributed by atoms with Crippen LogP contribution in [0.3, 0.4) is 0 Å². The summed E-state index contributed by atoms with van der Waals surface area (Å²) in [7, 11) is 0. The number of carbonyl (C=O) groups is 1. The van der Waals surface area contributed by atoms with Crippen molar-refractivity contribution in [3.8, 4) is 11.1 Å². The molecule has 0 heterocycles. The highest BCUT2D eigenvalue weighted by molar-refractivity contribution is 5.94. The van der Waals surface area contributed by atoms with Gasteiger partial charge in [0.25, 0.3) is 5.91 Å². The minimum absolute atomic E-state index is 0.0992. The van der Waals surface area contributed by atoms with Gasteiger partial charge in [0.1, 0.15) is 0 Å². The molecule has 0 aliphatic rings. The van der Waals surface area contributed by atoms with Gasteiger partial charge in [0.2, 0.25) is 0 Å². The van der Waals surface area contributed by atoms with E-state index in [1.807, 2.05) is 68.1 Å². The SMILES string of the molecule is CCN(C(=O)c1ccc(-c2ccccc2)cc1)C(C)C. The Bertz CT molecular complexity index is 558. The molecule has 0 radical (unpaired) electrons. The van der Waals surface area contributed by atoms with Crippen LogP contribution in [0.2, 0.25) is 0 Å². The molecule has 2 aromatic carbocycles. The first-order valence-corrected chi connectivity index (χ1v) is 7.10. The molecule has 0 aliphatic carbocycles. The van der Waals surface area contributed by atoms with Crippen LogP contribution < -0.4 is 0 Å². The summed E-state index contributed by atoms with van der Waals surface area (Å²) in [6.07, 6.45) is 0. The molecule has 0 N–H and O–H groups in total. The Morgan fingerprint density at radius 1 is 0.950 bits per heavy atom. The van der Waals surface area contributed by atoms with Gasteiger partial charge < -0.3 is 4.90 Å². The van der Waals surface area contributed by atoms with Crippen LogP contribution in [-0.4, -0.2) is 23.4 Å². The van der Waals surface area contributed by atoms with Crippen LogP contribution in [0.25, 0.3) is 11.1 Å². The Kier molecular flexibility index (Phi) is 4.57. The summed E-state index contributed by atoms with van der Waals surface area (Å²) in [6.45, 7) is 6.83. The van der Waals surface area contributed by atoms with E-state index in [4.69, 9.17) is 0 Å². The molecule has 2 nitrogen and oxygen atoms in total. The summed E-state index contributed by atoms with van der Waals surface area (Å²) in [5.74, 6) is 0.0992. The van der Waals surface area contributed by atoms with Crippen LogP contribution in [0.4, 0.5) is 0 Å². The van der Waals surface area contributed by atoms with Crippen LogP contribution in [0.1, 0.15) is 31.1 Å². The largest absolute Gasteiger partial charge is 0.337 e. The normalized spacial score (nSPS) is 10.6. The van der Waals surface area contributed by atoms with E-state index in [9.17, 15) is 4.79 Å². The maximum Gasteiger partial charge on any atom is 0.254 e. The Hall–Kier alpha value is -2.09. The molecular weight excluding hydrogens is 246 g/mol. The van der Waals surface area contributed by atoms with E-state index < -0.39 is 0 Å². The number of rotatable bonds is 4. The standard InChI is InChI=1S/C18H21NO/c1-4-19(14(2)3)18(20)17-12-10-16(11-13-17)15-8-6-5-7-9-15/h5-14H,4H2,1-3H3. The van der Waals surface area contributed by atoms with Crippen molar-refractivity contribution in [3.05, 3.63) is 60.2 Å². The second-order valence-corrected chi connectivity index (χ2v) is 5.13. The summed E-state index contributed by atoms with van der Waals surface area (Å²) in [5, 5.41) is 0. The van der Waals surface area contributed by atoms with Crippen LogP contribution >= 0.6 is 0 Å². The Balaban J connectivity index is 2.22. The number of nitrogens with zero attached hydrogens (tertiary/aromatic N) is 1. The van der Waals surface area contributed by atoms with E-state index in [0.29, 0.717) is 0 Å². The predicted octanol–water partition coefficient (Wildman–Crippen LogP) is 4.22. The molecule has 2 aromatic rings. The lowest BCUT2D eigenvalue weighted by atomic mass is 10.0. The molecule has 1 amide bonds. The van der Waals surface area contributed by atoms with Gasteiger partial charge >= 0.3 is 0 Å². The molecule has 0 saturated heterocycles. The lowest BCUT2D eigenvalue weighted by Gasteiger charge is -2.25. The minimum Gasteiger partial charge on any atom is -0.337 e. The highest BCUT2D eigenvalue weighted by Gasteiger charge is 2.16. The molecule has 0 fully saturated rings. The van der Waals surface area contributed by atoms with Crippen molar-refractivity contribution in [2.75, 3.05) is 6.54 Å². The van der Waals surface area contributed by atoms with Gasteiger partial charge in [-0.3, -0.25) is 4.79 Å². The lowest BCUT2D eigenvalue weighted by molar-refractivity contribution is 0.0717. The zero-order chi connectivity index (χ0) is 14.5. The Morgan fingerprint density at radius 3 is 2.00 bits per heavy atom. The summed E-state index contributed by atoms with van der Waals surface area (Å²) in [4.78, 5) is 14.3. The Labute approximate surface area is 121 Å². The van der Waals surface area contributed by atoms with Crippen LogP contribution in [0.5, 0.6) is 0 Å². The summed E-state index contributed by atoms with van der Waals surface area (Å²) in [6, 6.07) is 18.3. The molecular formula is C18H21NO. The van der Waals surface area contributed by atoms with E-state index in [2.05, 4.69) is 12.1 Å². The molecule has 2 heteroatoms. The monoisotopic (exact) mass is 267 g/mol. The highest BCUT2D eigenvalue weighted by atomic mass is 16.2. The van der Waals surface area contributed by atoms with E-state index in [1.54, 1.807) is 0 Å². The number of carbonyl (C=O) groups excluding carboxylic acids is 1. The first kappa shape index (κ1) is 14.3. The van der Waals surface area contributed by atoms with Gasteiger partial charge in [-0.25, -0.2) is 0 Å². The molecule has 0 aromatic heterocycles. The molecule has 20 heavy (non-hydrogen) atoms. The van der Waals surface area contributed by atoms with E-state index in [1.165, 1.54) is 5.56 Å². The predicted molar refractivity (Wildman–Crippen MR) is 83.7 cm³/mol. The fourth-order valence-corrected chi connectivity index (χ4v) is 2.34. The first-order valence-electron chi connectivity index (χ1n) is 7.10. The van der Waals surface area contributed by atoms with Crippen molar-refractivity contribution >= 4 is 5.91 Å². The van der Waals surface area contributed by atoms with Crippen LogP contribution in [-0.2, 0) is 0 Å². The van der Waals surface area contributed by atoms with E-state index in [0.717, 1.165) is 17.7 Å². The van der Waals surface area contributed by atoms with Crippen molar-refractivity contribution in [1.29, 1.82) is 0 Å². The highest BCUT2D eigenvalue weighted by Crippen LogP contribution is 2.20. The van der Waals surface area contributed by atoms with Crippen LogP contribution in [0, 0.1) is 0 Å². The fraction of sp³-hybridized carbons (Fsp3) is 0.278. The summed E-state index contributed by atoms with van der Waals surface area (Å²) in [5.41, 5.74) is 3.05. The zero-order valence-corrected chi connectivity index (χ0v) is 12.3. The van der Waals surface area contributed by atoms with Crippen molar-refractivity contribution < 1.29 is 4.79 Å². The van der Waals surface area contributed by atoms with Crippen molar-refractivity contribution in [2.45, 2.75) is 26.8 Å². The molecule has 0 spiro atoms. The average Bonchev–Trinajstić information content (AvgIpc) is 2.48. The quantitative estimate of drug-likeness (QED) is 0.812. The van der Waals surface area contributed by atoms with Gasteiger partial charge in [-0.2, -0.15) is 0 Å². The average molecular weight is 267 g/mol. The van der Waals surface area contributed by atoms with Gasteiger partial charge in [-0.1, -0.05) is 42.5 Å². The van der Waals surface area contributed by atoms with Gasteiger partial charge in [-0.05, 0) is 44.0 Å². The van der Waals surface area contributed by atoms with Gasteiger partial charge in [0, 0.05) is 18.2 Å². The van der Waals surface area contributed by atoms with E-state index >= 15 is 0 Å². The van der Waals surface area contributed by atoms with Gasteiger partial charge in [0.15, 0.2) is 0 Å². The number of hydrogen-bond acceptors (Lipinski definition) is 1. The first-order chi connectivity index (χ1) is 9.63. The van der Waals surface area contributed by atoms with Crippen molar-refractivity contribution in [1.82, 2.24) is 4.90 Å². The molecule has 2 rings (SSSR count).